The number of carbonyl (C=O) groups is 1. The summed E-state index contributed by atoms with van der Waals surface area (Å²) < 4.78 is 42.9. The van der Waals surface area contributed by atoms with Crippen LogP contribution >= 0.6 is 0 Å². The number of aliphatic hydroxyl groups excluding tert-OH is 1. The number of carbonyl (C=O) groups excluding carboxylic acids is 1. The molecule has 1 atom stereocenters. The van der Waals surface area contributed by atoms with E-state index in [1.54, 1.807) is 6.07 Å². The monoisotopic (exact) mass is 344 g/mol. The van der Waals surface area contributed by atoms with Gasteiger partial charge in [0.25, 0.3) is 0 Å². The van der Waals surface area contributed by atoms with Crippen molar-refractivity contribution < 1.29 is 27.8 Å². The molecular weight excluding hydrogens is 325 g/mol. The molecule has 0 aromatic heterocycles. The number of rotatable bonds is 2. The van der Waals surface area contributed by atoms with Gasteiger partial charge in [-0.15, -0.1) is 0 Å². The van der Waals surface area contributed by atoms with Crippen LogP contribution in [0.15, 0.2) is 18.2 Å². The van der Waals surface area contributed by atoms with Crippen LogP contribution in [-0.4, -0.2) is 41.4 Å². The number of fused-ring (bicyclic) bond motifs is 1. The zero-order valence-corrected chi connectivity index (χ0v) is 13.0. The molecule has 0 radical (unpaired) electrons. The number of urea groups is 1. The van der Waals surface area contributed by atoms with Gasteiger partial charge in [0.05, 0.1) is 13.2 Å². The van der Waals surface area contributed by atoms with Gasteiger partial charge in [-0.2, -0.15) is 13.2 Å². The number of amides is 2. The van der Waals surface area contributed by atoms with E-state index >= 15 is 0 Å². The van der Waals surface area contributed by atoms with Crippen LogP contribution in [0.25, 0.3) is 0 Å². The Hall–Kier alpha value is -1.80. The van der Waals surface area contributed by atoms with Gasteiger partial charge in [0.1, 0.15) is 0 Å². The number of aliphatic hydroxyl groups is 1. The number of hydrogen-bond acceptors (Lipinski definition) is 3. The summed E-state index contributed by atoms with van der Waals surface area (Å²) in [6, 6.07) is 5.18. The number of piperidine rings is 1. The lowest BCUT2D eigenvalue weighted by molar-refractivity contribution is -0.222. The molecule has 0 aliphatic carbocycles. The van der Waals surface area contributed by atoms with Crippen LogP contribution in [0.4, 0.5) is 23.7 Å². The predicted molar refractivity (Wildman–Crippen MR) is 80.3 cm³/mol. The fraction of sp³-hybridized carbons (Fsp3) is 0.562. The molecule has 1 aromatic carbocycles. The number of likely N-dealkylation sites (tertiary alicyclic amines) is 1. The van der Waals surface area contributed by atoms with Gasteiger partial charge in [-0.05, 0) is 42.0 Å². The lowest BCUT2D eigenvalue weighted by Crippen LogP contribution is -2.46. The van der Waals surface area contributed by atoms with Crippen molar-refractivity contribution in [1.29, 1.82) is 0 Å². The molecule has 2 amide bonds. The second-order valence-electron chi connectivity index (χ2n) is 6.22. The molecule has 2 aliphatic heterocycles. The summed E-state index contributed by atoms with van der Waals surface area (Å²) in [4.78, 5) is 13.7. The van der Waals surface area contributed by atoms with Gasteiger partial charge >= 0.3 is 12.2 Å². The molecule has 8 heteroatoms. The molecule has 24 heavy (non-hydrogen) atoms. The molecule has 5 nitrogen and oxygen atoms in total. The second kappa shape index (κ2) is 6.60. The van der Waals surface area contributed by atoms with Crippen molar-refractivity contribution in [2.45, 2.75) is 38.3 Å². The third-order valence-corrected chi connectivity index (χ3v) is 4.58. The summed E-state index contributed by atoms with van der Waals surface area (Å²) in [5, 5.41) is 12.1. The highest BCUT2D eigenvalue weighted by Gasteiger charge is 2.44. The number of anilines is 1. The van der Waals surface area contributed by atoms with Gasteiger partial charge in [0, 0.05) is 18.8 Å². The van der Waals surface area contributed by atoms with Crippen LogP contribution in [0, 0.1) is 5.92 Å². The molecule has 1 aromatic rings. The molecule has 2 aliphatic rings. The average Bonchev–Trinajstić information content (AvgIpc) is 3.01. The van der Waals surface area contributed by atoms with Crippen LogP contribution < -0.4 is 5.32 Å². The van der Waals surface area contributed by atoms with E-state index in [1.807, 2.05) is 12.1 Å². The highest BCUT2D eigenvalue weighted by molar-refractivity contribution is 5.89. The average molecular weight is 344 g/mol. The fourth-order valence-corrected chi connectivity index (χ4v) is 3.14. The van der Waals surface area contributed by atoms with Crippen LogP contribution in [0.2, 0.25) is 0 Å². The number of hydrogen-bond donors (Lipinski definition) is 2. The minimum Gasteiger partial charge on any atom is -0.383 e. The van der Waals surface area contributed by atoms with Gasteiger partial charge in [-0.25, -0.2) is 4.79 Å². The Balaban J connectivity index is 1.54. The van der Waals surface area contributed by atoms with Gasteiger partial charge in [0.2, 0.25) is 0 Å². The topological polar surface area (TPSA) is 61.8 Å². The molecule has 1 unspecified atom stereocenters. The van der Waals surface area contributed by atoms with Crippen LogP contribution in [0.1, 0.15) is 24.0 Å². The summed E-state index contributed by atoms with van der Waals surface area (Å²) in [6.45, 7) is 1.47. The van der Waals surface area contributed by atoms with E-state index in [0.717, 1.165) is 11.1 Å². The standard InChI is InChI=1S/C16H19F3N2O3/c17-16(18,19)14(22)10-3-5-21(6-4-10)15(23)20-13-2-1-11-8-24-9-12(11)7-13/h1-2,7,10,14,22H,3-6,8-9H2,(H,20,23). The van der Waals surface area contributed by atoms with Crippen LogP contribution in [0.5, 0.6) is 0 Å². The van der Waals surface area contributed by atoms with Crippen LogP contribution in [0.3, 0.4) is 0 Å². The van der Waals surface area contributed by atoms with Crippen LogP contribution in [-0.2, 0) is 18.0 Å². The Morgan fingerprint density at radius 2 is 1.92 bits per heavy atom. The highest BCUT2D eigenvalue weighted by atomic mass is 19.4. The Kier molecular flexibility index (Phi) is 4.69. The van der Waals surface area contributed by atoms with Gasteiger partial charge < -0.3 is 20.1 Å². The molecule has 2 heterocycles. The fourth-order valence-electron chi connectivity index (χ4n) is 3.14. The zero-order valence-electron chi connectivity index (χ0n) is 13.0. The maximum atomic E-state index is 12.5. The number of benzene rings is 1. The molecule has 1 fully saturated rings. The van der Waals surface area contributed by atoms with Crippen molar-refractivity contribution in [2.75, 3.05) is 18.4 Å². The number of nitrogens with zero attached hydrogens (tertiary/aromatic N) is 1. The van der Waals surface area contributed by atoms with E-state index in [-0.39, 0.29) is 32.0 Å². The number of ether oxygens (including phenoxy) is 1. The van der Waals surface area contributed by atoms with E-state index < -0.39 is 18.2 Å². The largest absolute Gasteiger partial charge is 0.414 e. The van der Waals surface area contributed by atoms with Crippen molar-refractivity contribution in [3.05, 3.63) is 29.3 Å². The highest BCUT2D eigenvalue weighted by Crippen LogP contribution is 2.31. The van der Waals surface area contributed by atoms with Gasteiger partial charge in [-0.3, -0.25) is 0 Å². The molecule has 1 saturated heterocycles. The summed E-state index contributed by atoms with van der Waals surface area (Å²) in [5.74, 6) is -0.855. The first-order valence-electron chi connectivity index (χ1n) is 7.85. The van der Waals surface area contributed by atoms with Crippen molar-refractivity contribution >= 4 is 11.7 Å². The maximum Gasteiger partial charge on any atom is 0.414 e. The summed E-state index contributed by atoms with van der Waals surface area (Å²) >= 11 is 0. The third kappa shape index (κ3) is 3.64. The maximum absolute atomic E-state index is 12.5. The zero-order chi connectivity index (χ0) is 17.3. The SMILES string of the molecule is O=C(Nc1ccc2c(c1)COC2)N1CCC(C(O)C(F)(F)F)CC1. The van der Waals surface area contributed by atoms with E-state index in [2.05, 4.69) is 5.32 Å². The van der Waals surface area contributed by atoms with Crippen molar-refractivity contribution in [2.24, 2.45) is 5.92 Å². The van der Waals surface area contributed by atoms with E-state index in [9.17, 15) is 23.1 Å². The number of alkyl halides is 3. The third-order valence-electron chi connectivity index (χ3n) is 4.58. The molecule has 132 valence electrons. The predicted octanol–water partition coefficient (Wildman–Crippen LogP) is 2.88. The molecule has 2 N–H and O–H groups in total. The number of halogens is 3. The molecule has 3 rings (SSSR count). The summed E-state index contributed by atoms with van der Waals surface area (Å²) in [7, 11) is 0. The molecule has 0 saturated carbocycles. The quantitative estimate of drug-likeness (QED) is 0.867. The first-order valence-corrected chi connectivity index (χ1v) is 7.85. The first-order chi connectivity index (χ1) is 11.3. The Bertz CT molecular complexity index is 613. The van der Waals surface area contributed by atoms with Crippen molar-refractivity contribution in [1.82, 2.24) is 4.90 Å². The Morgan fingerprint density at radius 1 is 1.25 bits per heavy atom. The van der Waals surface area contributed by atoms with E-state index in [0.29, 0.717) is 18.9 Å². The molecular formula is C16H19F3N2O3. The van der Waals surface area contributed by atoms with Gasteiger partial charge in [0.15, 0.2) is 6.10 Å². The smallest absolute Gasteiger partial charge is 0.383 e. The minimum atomic E-state index is -4.61. The summed E-state index contributed by atoms with van der Waals surface area (Å²) in [6.07, 6.45) is -6.67. The molecule has 0 spiro atoms. The van der Waals surface area contributed by atoms with Crippen molar-refractivity contribution in [3.8, 4) is 0 Å². The molecule has 0 bridgehead atoms. The van der Waals surface area contributed by atoms with E-state index in [4.69, 9.17) is 4.74 Å². The number of nitrogens with one attached hydrogen (secondary N) is 1. The lowest BCUT2D eigenvalue weighted by Gasteiger charge is -2.34. The second-order valence-corrected chi connectivity index (χ2v) is 6.22. The first kappa shape index (κ1) is 17.0. The van der Waals surface area contributed by atoms with Gasteiger partial charge in [-0.1, -0.05) is 6.07 Å². The van der Waals surface area contributed by atoms with Crippen molar-refractivity contribution in [3.63, 3.8) is 0 Å². The Labute approximate surface area is 137 Å². The van der Waals surface area contributed by atoms with E-state index in [1.165, 1.54) is 4.90 Å². The Morgan fingerprint density at radius 3 is 2.58 bits per heavy atom. The lowest BCUT2D eigenvalue weighted by atomic mass is 9.91. The summed E-state index contributed by atoms with van der Waals surface area (Å²) in [5.41, 5.74) is 2.76. The minimum absolute atomic E-state index is 0.131. The normalized spacial score (nSPS) is 19.9.